The second kappa shape index (κ2) is 6.39. The molecule has 1 aliphatic heterocycles. The number of carbonyl (C=O) groups is 3. The molecule has 1 heterocycles. The molecule has 6 heteroatoms. The summed E-state index contributed by atoms with van der Waals surface area (Å²) in [6.45, 7) is 1.93. The number of carbonyl (C=O) groups excluding carboxylic acids is 3. The lowest BCUT2D eigenvalue weighted by Crippen LogP contribution is -2.49. The van der Waals surface area contributed by atoms with Gasteiger partial charge in [0.1, 0.15) is 5.54 Å². The fraction of sp³-hybridized carbons (Fsp3) is 0.400. The van der Waals surface area contributed by atoms with Gasteiger partial charge in [0.25, 0.3) is 5.91 Å². The van der Waals surface area contributed by atoms with Crippen LogP contribution in [0, 0.1) is 0 Å². The molecule has 0 aliphatic carbocycles. The second-order valence-corrected chi connectivity index (χ2v) is 5.24. The number of hydrogen-bond donors (Lipinski definition) is 3. The van der Waals surface area contributed by atoms with Crippen molar-refractivity contribution in [2.75, 3.05) is 6.54 Å². The highest BCUT2D eigenvalue weighted by Gasteiger charge is 2.45. The third-order valence-electron chi connectivity index (χ3n) is 3.52. The van der Waals surface area contributed by atoms with Crippen LogP contribution in [-0.2, 0) is 16.0 Å². The summed E-state index contributed by atoms with van der Waals surface area (Å²) in [5, 5.41) is 7.74. The first kappa shape index (κ1) is 15.0. The zero-order valence-corrected chi connectivity index (χ0v) is 11.9. The summed E-state index contributed by atoms with van der Waals surface area (Å²) < 4.78 is 0. The van der Waals surface area contributed by atoms with E-state index in [1.807, 2.05) is 30.3 Å². The normalized spacial score (nSPS) is 20.8. The molecule has 6 nitrogen and oxygen atoms in total. The Balaban J connectivity index is 2.06. The van der Waals surface area contributed by atoms with Crippen molar-refractivity contribution in [3.8, 4) is 0 Å². The zero-order valence-electron chi connectivity index (χ0n) is 11.9. The van der Waals surface area contributed by atoms with Gasteiger partial charge in [0, 0.05) is 19.9 Å². The summed E-state index contributed by atoms with van der Waals surface area (Å²) in [5.74, 6) is -0.411. The fourth-order valence-electron chi connectivity index (χ4n) is 2.52. The van der Waals surface area contributed by atoms with Crippen LogP contribution in [0.2, 0.25) is 0 Å². The number of rotatable bonds is 6. The van der Waals surface area contributed by atoms with Gasteiger partial charge in [-0.3, -0.25) is 14.9 Å². The predicted octanol–water partition coefficient (Wildman–Crippen LogP) is 0.724. The van der Waals surface area contributed by atoms with E-state index in [9.17, 15) is 14.4 Å². The van der Waals surface area contributed by atoms with Gasteiger partial charge in [-0.25, -0.2) is 4.79 Å². The largest absolute Gasteiger partial charge is 0.356 e. The SMILES string of the molecule is CC(=O)NCCC[C@@]1(Cc2ccccc2)NC(=O)NC1=O. The molecule has 112 valence electrons. The van der Waals surface area contributed by atoms with E-state index in [2.05, 4.69) is 16.0 Å². The van der Waals surface area contributed by atoms with Crippen molar-refractivity contribution < 1.29 is 14.4 Å². The first-order valence-electron chi connectivity index (χ1n) is 6.94. The number of benzene rings is 1. The lowest BCUT2D eigenvalue weighted by Gasteiger charge is -2.26. The zero-order chi connectivity index (χ0) is 15.3. The van der Waals surface area contributed by atoms with Crippen LogP contribution >= 0.6 is 0 Å². The van der Waals surface area contributed by atoms with Crippen molar-refractivity contribution in [3.05, 3.63) is 35.9 Å². The minimum atomic E-state index is -0.934. The third-order valence-corrected chi connectivity index (χ3v) is 3.52. The molecule has 0 spiro atoms. The average Bonchev–Trinajstić information content (AvgIpc) is 2.70. The molecule has 4 amide bonds. The van der Waals surface area contributed by atoms with Crippen LogP contribution in [-0.4, -0.2) is 29.9 Å². The number of amides is 4. The third kappa shape index (κ3) is 3.81. The van der Waals surface area contributed by atoms with Crippen molar-refractivity contribution in [1.82, 2.24) is 16.0 Å². The minimum absolute atomic E-state index is 0.105. The molecule has 0 saturated carbocycles. The summed E-state index contributed by atoms with van der Waals surface area (Å²) in [7, 11) is 0. The smallest absolute Gasteiger partial charge is 0.322 e. The molecule has 1 aromatic rings. The maximum atomic E-state index is 12.2. The molecular formula is C15H19N3O3. The van der Waals surface area contributed by atoms with Crippen LogP contribution in [0.4, 0.5) is 4.79 Å². The Morgan fingerprint density at radius 1 is 1.24 bits per heavy atom. The highest BCUT2D eigenvalue weighted by atomic mass is 16.2. The van der Waals surface area contributed by atoms with E-state index in [-0.39, 0.29) is 11.8 Å². The summed E-state index contributed by atoms with van der Waals surface area (Å²) in [6, 6.07) is 9.08. The van der Waals surface area contributed by atoms with Crippen LogP contribution < -0.4 is 16.0 Å². The van der Waals surface area contributed by atoms with Gasteiger partial charge in [0.15, 0.2) is 0 Å². The highest BCUT2D eigenvalue weighted by Crippen LogP contribution is 2.23. The molecule has 0 bridgehead atoms. The van der Waals surface area contributed by atoms with Crippen LogP contribution in [0.1, 0.15) is 25.3 Å². The molecule has 1 atom stereocenters. The lowest BCUT2D eigenvalue weighted by atomic mass is 9.86. The minimum Gasteiger partial charge on any atom is -0.356 e. The van der Waals surface area contributed by atoms with E-state index in [1.54, 1.807) is 0 Å². The Bertz CT molecular complexity index is 544. The predicted molar refractivity (Wildman–Crippen MR) is 77.5 cm³/mol. The maximum Gasteiger partial charge on any atom is 0.322 e. The van der Waals surface area contributed by atoms with Crippen molar-refractivity contribution >= 4 is 17.8 Å². The van der Waals surface area contributed by atoms with E-state index in [4.69, 9.17) is 0 Å². The van der Waals surface area contributed by atoms with Gasteiger partial charge in [0.05, 0.1) is 0 Å². The van der Waals surface area contributed by atoms with Crippen molar-refractivity contribution in [2.45, 2.75) is 31.7 Å². The van der Waals surface area contributed by atoms with E-state index in [0.29, 0.717) is 25.8 Å². The van der Waals surface area contributed by atoms with Gasteiger partial charge in [-0.05, 0) is 18.4 Å². The summed E-state index contributed by atoms with van der Waals surface area (Å²) >= 11 is 0. The van der Waals surface area contributed by atoms with Crippen LogP contribution in [0.15, 0.2) is 30.3 Å². The molecule has 1 saturated heterocycles. The topological polar surface area (TPSA) is 87.3 Å². The van der Waals surface area contributed by atoms with Gasteiger partial charge in [-0.2, -0.15) is 0 Å². The standard InChI is InChI=1S/C15H19N3O3/c1-11(19)16-9-5-8-15(13(20)17-14(21)18-15)10-12-6-3-2-4-7-12/h2-4,6-7H,5,8-10H2,1H3,(H,16,19)(H2,17,18,20,21)/t15-/m0/s1. The second-order valence-electron chi connectivity index (χ2n) is 5.24. The number of urea groups is 1. The van der Waals surface area contributed by atoms with Crippen molar-refractivity contribution in [1.29, 1.82) is 0 Å². The Morgan fingerprint density at radius 3 is 2.52 bits per heavy atom. The van der Waals surface area contributed by atoms with Crippen molar-refractivity contribution in [2.24, 2.45) is 0 Å². The summed E-state index contributed by atoms with van der Waals surface area (Å²) in [6.07, 6.45) is 1.52. The summed E-state index contributed by atoms with van der Waals surface area (Å²) in [5.41, 5.74) is 0.0473. The lowest BCUT2D eigenvalue weighted by molar-refractivity contribution is -0.124. The van der Waals surface area contributed by atoms with E-state index < -0.39 is 11.6 Å². The Morgan fingerprint density at radius 2 is 1.95 bits per heavy atom. The van der Waals surface area contributed by atoms with E-state index >= 15 is 0 Å². The van der Waals surface area contributed by atoms with Gasteiger partial charge in [0.2, 0.25) is 5.91 Å². The molecule has 1 aliphatic rings. The first-order chi connectivity index (χ1) is 10.0. The highest BCUT2D eigenvalue weighted by molar-refractivity contribution is 6.07. The molecule has 1 aromatic carbocycles. The molecule has 0 radical (unpaired) electrons. The van der Waals surface area contributed by atoms with Gasteiger partial charge in [-0.15, -0.1) is 0 Å². The van der Waals surface area contributed by atoms with Crippen LogP contribution in [0.3, 0.4) is 0 Å². The van der Waals surface area contributed by atoms with Crippen molar-refractivity contribution in [3.63, 3.8) is 0 Å². The van der Waals surface area contributed by atoms with Crippen LogP contribution in [0.25, 0.3) is 0 Å². The molecule has 1 fully saturated rings. The quantitative estimate of drug-likeness (QED) is 0.533. The van der Waals surface area contributed by atoms with E-state index in [0.717, 1.165) is 5.56 Å². The number of hydrogen-bond acceptors (Lipinski definition) is 3. The van der Waals surface area contributed by atoms with Gasteiger partial charge in [-0.1, -0.05) is 30.3 Å². The average molecular weight is 289 g/mol. The fourth-order valence-corrected chi connectivity index (χ4v) is 2.52. The molecule has 21 heavy (non-hydrogen) atoms. The number of imide groups is 1. The Labute approximate surface area is 123 Å². The van der Waals surface area contributed by atoms with Gasteiger partial charge >= 0.3 is 6.03 Å². The van der Waals surface area contributed by atoms with Gasteiger partial charge < -0.3 is 10.6 Å². The summed E-state index contributed by atoms with van der Waals surface area (Å²) in [4.78, 5) is 34.5. The maximum absolute atomic E-state index is 12.2. The molecule has 0 aromatic heterocycles. The molecule has 0 unspecified atom stereocenters. The van der Waals surface area contributed by atoms with Crippen LogP contribution in [0.5, 0.6) is 0 Å². The van der Waals surface area contributed by atoms with E-state index in [1.165, 1.54) is 6.92 Å². The Kier molecular flexibility index (Phi) is 4.57. The molecular weight excluding hydrogens is 270 g/mol. The number of nitrogens with one attached hydrogen (secondary N) is 3. The Hall–Kier alpha value is -2.37. The molecule has 2 rings (SSSR count). The molecule has 3 N–H and O–H groups in total. The monoisotopic (exact) mass is 289 g/mol. The first-order valence-corrected chi connectivity index (χ1v) is 6.94.